The highest BCUT2D eigenvalue weighted by molar-refractivity contribution is 7.10. The van der Waals surface area contributed by atoms with Crippen molar-refractivity contribution < 1.29 is 9.47 Å². The van der Waals surface area contributed by atoms with Crippen LogP contribution in [0.4, 0.5) is 0 Å². The first kappa shape index (κ1) is 22.9. The van der Waals surface area contributed by atoms with E-state index in [0.29, 0.717) is 0 Å². The van der Waals surface area contributed by atoms with Gasteiger partial charge in [0.05, 0.1) is 22.6 Å². The lowest BCUT2D eigenvalue weighted by molar-refractivity contribution is 0.228. The van der Waals surface area contributed by atoms with Gasteiger partial charge in [-0.2, -0.15) is 4.37 Å². The molecule has 6 heteroatoms. The van der Waals surface area contributed by atoms with Crippen molar-refractivity contribution in [2.75, 3.05) is 0 Å². The van der Waals surface area contributed by atoms with Crippen LogP contribution in [-0.4, -0.2) is 21.6 Å². The van der Waals surface area contributed by atoms with Gasteiger partial charge in [-0.25, -0.2) is 4.98 Å². The Morgan fingerprint density at radius 3 is 1.85 bits per heavy atom. The number of nitrogens with zero attached hydrogens (tertiary/aromatic N) is 2. The lowest BCUT2D eigenvalue weighted by atomic mass is 9.89. The maximum absolute atomic E-state index is 5.61. The van der Waals surface area contributed by atoms with Gasteiger partial charge < -0.3 is 9.47 Å². The maximum atomic E-state index is 5.61. The van der Waals surface area contributed by atoms with Crippen LogP contribution in [0.5, 0.6) is 11.8 Å². The summed E-state index contributed by atoms with van der Waals surface area (Å²) in [7, 11) is 0. The first-order chi connectivity index (χ1) is 11.8. The Labute approximate surface area is 167 Å². The van der Waals surface area contributed by atoms with E-state index in [2.05, 4.69) is 56.3 Å². The number of aromatic nitrogens is 2. The number of hydrogen-bond donors (Lipinski definition) is 0. The molecule has 0 fully saturated rings. The lowest BCUT2D eigenvalue weighted by Crippen LogP contribution is -2.14. The van der Waals surface area contributed by atoms with Crippen molar-refractivity contribution in [3.8, 4) is 11.8 Å². The van der Waals surface area contributed by atoms with E-state index in [1.165, 1.54) is 22.0 Å². The molecule has 148 valence electrons. The summed E-state index contributed by atoms with van der Waals surface area (Å²) in [5, 5.41) is 2.07. The van der Waals surface area contributed by atoms with Gasteiger partial charge in [0.1, 0.15) is 0 Å². The summed E-state index contributed by atoms with van der Waals surface area (Å²) in [5.74, 6) is 1.60. The molecule has 4 nitrogen and oxygen atoms in total. The second-order valence-corrected chi connectivity index (χ2v) is 10.3. The number of rotatable bonds is 4. The smallest absolute Gasteiger partial charge is 0.229 e. The third-order valence-corrected chi connectivity index (χ3v) is 5.10. The summed E-state index contributed by atoms with van der Waals surface area (Å²) in [6.45, 7) is 21.1. The molecule has 2 heterocycles. The first-order valence-electron chi connectivity index (χ1n) is 9.04. The minimum absolute atomic E-state index is 0.122. The molecule has 2 rings (SSSR count). The van der Waals surface area contributed by atoms with Crippen LogP contribution >= 0.6 is 22.9 Å². The third kappa shape index (κ3) is 7.23. The monoisotopic (exact) mass is 398 g/mol. The fourth-order valence-electron chi connectivity index (χ4n) is 2.07. The van der Waals surface area contributed by atoms with Crippen molar-refractivity contribution in [1.82, 2.24) is 9.36 Å². The molecule has 0 amide bonds. The highest BCUT2D eigenvalue weighted by Crippen LogP contribution is 2.34. The van der Waals surface area contributed by atoms with E-state index < -0.39 is 0 Å². The lowest BCUT2D eigenvalue weighted by Gasteiger charge is -2.19. The van der Waals surface area contributed by atoms with Gasteiger partial charge in [-0.05, 0) is 44.6 Å². The van der Waals surface area contributed by atoms with E-state index in [0.717, 1.165) is 11.8 Å². The Hall–Kier alpha value is -1.14. The van der Waals surface area contributed by atoms with Crippen molar-refractivity contribution in [2.24, 2.45) is 0 Å². The molecule has 0 bridgehead atoms. The largest absolute Gasteiger partial charge is 0.474 e. The summed E-state index contributed by atoms with van der Waals surface area (Å²) >= 11 is 3.12. The van der Waals surface area contributed by atoms with Gasteiger partial charge in [-0.1, -0.05) is 41.5 Å². The standard InChI is InChI=1S/2C10H17NOS/c1-7(2)12-9-8(10(3,4)5)13-6-11-9;1-7(2)12-9-8(6-13-11-9)10(3,4)5/h2*6-7H,1-5H3. The molecule has 0 N–H and O–H groups in total. The summed E-state index contributed by atoms with van der Waals surface area (Å²) in [6.07, 6.45) is 0.395. The molecule has 0 saturated heterocycles. The average molecular weight is 399 g/mol. The van der Waals surface area contributed by atoms with Crippen LogP contribution in [0.2, 0.25) is 0 Å². The van der Waals surface area contributed by atoms with Crippen LogP contribution in [0, 0.1) is 0 Å². The van der Waals surface area contributed by atoms with Gasteiger partial charge >= 0.3 is 0 Å². The fourth-order valence-corrected chi connectivity index (χ4v) is 3.73. The fraction of sp³-hybridized carbons (Fsp3) is 0.700. The van der Waals surface area contributed by atoms with Crippen molar-refractivity contribution in [3.05, 3.63) is 21.3 Å². The Morgan fingerprint density at radius 2 is 1.38 bits per heavy atom. The summed E-state index contributed by atoms with van der Waals surface area (Å²) in [4.78, 5) is 5.44. The minimum Gasteiger partial charge on any atom is -0.474 e. The molecule has 26 heavy (non-hydrogen) atoms. The third-order valence-electron chi connectivity index (χ3n) is 3.26. The minimum atomic E-state index is 0.122. The van der Waals surface area contributed by atoms with E-state index in [9.17, 15) is 0 Å². The molecule has 0 radical (unpaired) electrons. The van der Waals surface area contributed by atoms with Crippen molar-refractivity contribution in [2.45, 2.75) is 92.3 Å². The Kier molecular flexibility index (Phi) is 8.08. The number of ether oxygens (including phenoxy) is 2. The van der Waals surface area contributed by atoms with Crippen LogP contribution in [0.1, 0.15) is 79.7 Å². The number of thiazole rings is 1. The summed E-state index contributed by atoms with van der Waals surface area (Å²) in [6, 6.07) is 0. The highest BCUT2D eigenvalue weighted by Gasteiger charge is 2.22. The molecule has 2 aromatic heterocycles. The van der Waals surface area contributed by atoms with Crippen LogP contribution in [0.15, 0.2) is 10.9 Å². The molecular formula is C20H34N2O2S2. The predicted octanol–water partition coefficient (Wildman–Crippen LogP) is 6.46. The van der Waals surface area contributed by atoms with Crippen molar-refractivity contribution in [1.29, 1.82) is 0 Å². The molecular weight excluding hydrogens is 364 g/mol. The molecule has 0 saturated carbocycles. The topological polar surface area (TPSA) is 44.2 Å². The molecule has 2 aromatic rings. The molecule has 0 spiro atoms. The van der Waals surface area contributed by atoms with E-state index in [1.807, 2.05) is 33.2 Å². The highest BCUT2D eigenvalue weighted by atomic mass is 32.1. The second kappa shape index (κ2) is 9.18. The van der Waals surface area contributed by atoms with Gasteiger partial charge in [0.15, 0.2) is 0 Å². The SMILES string of the molecule is CC(C)Oc1ncsc1C(C)(C)C.CC(C)Oc1nscc1C(C)(C)C. The molecule has 0 unspecified atom stereocenters. The molecule has 0 aliphatic rings. The zero-order valence-electron chi connectivity index (χ0n) is 17.8. The van der Waals surface area contributed by atoms with Gasteiger partial charge in [-0.15, -0.1) is 11.3 Å². The molecule has 0 atom stereocenters. The molecule has 0 aliphatic carbocycles. The molecule has 0 aromatic carbocycles. The van der Waals surface area contributed by atoms with Crippen LogP contribution < -0.4 is 9.47 Å². The normalized spacial score (nSPS) is 12.2. The van der Waals surface area contributed by atoms with Gasteiger partial charge in [-0.3, -0.25) is 0 Å². The van der Waals surface area contributed by atoms with E-state index in [4.69, 9.17) is 9.47 Å². The number of hydrogen-bond acceptors (Lipinski definition) is 6. The Morgan fingerprint density at radius 1 is 0.846 bits per heavy atom. The molecule has 0 aliphatic heterocycles. The zero-order chi connectivity index (χ0) is 20.1. The van der Waals surface area contributed by atoms with Crippen molar-refractivity contribution >= 4 is 22.9 Å². The Bertz CT molecular complexity index is 604. The quantitative estimate of drug-likeness (QED) is 0.593. The van der Waals surface area contributed by atoms with Crippen LogP contribution in [0.3, 0.4) is 0 Å². The Balaban J connectivity index is 0.000000260. The second-order valence-electron chi connectivity index (χ2n) is 8.85. The van der Waals surface area contributed by atoms with E-state index in [1.54, 1.807) is 11.3 Å². The summed E-state index contributed by atoms with van der Waals surface area (Å²) < 4.78 is 15.5. The first-order valence-corrected chi connectivity index (χ1v) is 10.8. The van der Waals surface area contributed by atoms with Crippen LogP contribution in [-0.2, 0) is 10.8 Å². The van der Waals surface area contributed by atoms with Gasteiger partial charge in [0.25, 0.3) is 0 Å². The van der Waals surface area contributed by atoms with Crippen LogP contribution in [0.25, 0.3) is 0 Å². The van der Waals surface area contributed by atoms with E-state index >= 15 is 0 Å². The van der Waals surface area contributed by atoms with Crippen molar-refractivity contribution in [3.63, 3.8) is 0 Å². The summed E-state index contributed by atoms with van der Waals surface area (Å²) in [5.41, 5.74) is 3.30. The predicted molar refractivity (Wildman–Crippen MR) is 113 cm³/mol. The van der Waals surface area contributed by atoms with Gasteiger partial charge in [0.2, 0.25) is 11.8 Å². The maximum Gasteiger partial charge on any atom is 0.229 e. The zero-order valence-corrected chi connectivity index (χ0v) is 19.5. The average Bonchev–Trinajstić information content (AvgIpc) is 3.05. The van der Waals surface area contributed by atoms with Gasteiger partial charge in [0, 0.05) is 16.4 Å². The van der Waals surface area contributed by atoms with E-state index in [-0.39, 0.29) is 23.0 Å².